The van der Waals surface area contributed by atoms with Crippen LogP contribution in [0, 0.1) is 11.3 Å². The molecule has 0 aliphatic heterocycles. The van der Waals surface area contributed by atoms with E-state index < -0.39 is 7.29 Å². The van der Waals surface area contributed by atoms with Gasteiger partial charge in [-0.15, -0.1) is 0 Å². The molecule has 0 saturated carbocycles. The maximum atomic E-state index is 13.6. The lowest BCUT2D eigenvalue weighted by Gasteiger charge is -2.37. The van der Waals surface area contributed by atoms with E-state index in [0.29, 0.717) is 13.0 Å². The van der Waals surface area contributed by atoms with Gasteiger partial charge in [-0.25, -0.2) is 0 Å². The van der Waals surface area contributed by atoms with Gasteiger partial charge in [0.2, 0.25) is 0 Å². The molecule has 0 rings (SSSR count). The lowest BCUT2D eigenvalue weighted by atomic mass is 10.0. The summed E-state index contributed by atoms with van der Waals surface area (Å²) in [6.07, 6.45) is 20.6. The SMILES string of the molecule is CCCCCCCCCCCCCCCCOCCCN(CCC#N)P(=O)(C(C)C)C(C)C. The molecular formula is C28H57N2O2P. The molecule has 0 heterocycles. The topological polar surface area (TPSA) is 53.3 Å². The van der Waals surface area contributed by atoms with E-state index in [2.05, 4.69) is 17.7 Å². The third kappa shape index (κ3) is 16.0. The first-order valence-corrected chi connectivity index (χ1v) is 16.0. The average Bonchev–Trinajstić information content (AvgIpc) is 2.79. The van der Waals surface area contributed by atoms with Crippen LogP contribution in [-0.2, 0) is 9.30 Å². The smallest absolute Gasteiger partial charge is 0.155 e. The second-order valence-corrected chi connectivity index (χ2v) is 14.3. The lowest BCUT2D eigenvalue weighted by molar-refractivity contribution is 0.123. The van der Waals surface area contributed by atoms with Crippen molar-refractivity contribution in [3.05, 3.63) is 0 Å². The van der Waals surface area contributed by atoms with Gasteiger partial charge in [-0.1, -0.05) is 118 Å². The molecule has 0 saturated heterocycles. The van der Waals surface area contributed by atoms with Crippen LogP contribution in [0.1, 0.15) is 137 Å². The van der Waals surface area contributed by atoms with Crippen molar-refractivity contribution in [3.8, 4) is 6.07 Å². The second-order valence-electron chi connectivity index (χ2n) is 10.3. The van der Waals surface area contributed by atoms with Crippen LogP contribution in [0.2, 0.25) is 0 Å². The minimum Gasteiger partial charge on any atom is -0.381 e. The molecule has 0 N–H and O–H groups in total. The van der Waals surface area contributed by atoms with Gasteiger partial charge in [0.05, 0.1) is 6.07 Å². The molecule has 0 fully saturated rings. The predicted octanol–water partition coefficient (Wildman–Crippen LogP) is 9.18. The minimum absolute atomic E-state index is 0.118. The van der Waals surface area contributed by atoms with Gasteiger partial charge < -0.3 is 9.30 Å². The number of nitrogens with zero attached hydrogens (tertiary/aromatic N) is 2. The monoisotopic (exact) mass is 484 g/mol. The van der Waals surface area contributed by atoms with Crippen LogP contribution >= 0.6 is 7.29 Å². The number of rotatable bonds is 24. The van der Waals surface area contributed by atoms with Crippen LogP contribution in [-0.4, -0.2) is 42.3 Å². The Hall–Kier alpha value is -0.360. The Morgan fingerprint density at radius 3 is 1.55 bits per heavy atom. The van der Waals surface area contributed by atoms with Crippen molar-refractivity contribution in [2.75, 3.05) is 26.3 Å². The van der Waals surface area contributed by atoms with Gasteiger partial charge in [-0.2, -0.15) is 5.26 Å². The first-order chi connectivity index (χ1) is 15.9. The van der Waals surface area contributed by atoms with E-state index in [0.717, 1.165) is 32.6 Å². The molecule has 0 aliphatic carbocycles. The zero-order valence-corrected chi connectivity index (χ0v) is 23.8. The molecule has 0 radical (unpaired) electrons. The predicted molar refractivity (Wildman–Crippen MR) is 145 cm³/mol. The van der Waals surface area contributed by atoms with Crippen molar-refractivity contribution < 1.29 is 9.30 Å². The van der Waals surface area contributed by atoms with E-state index in [-0.39, 0.29) is 11.3 Å². The van der Waals surface area contributed by atoms with E-state index in [1.54, 1.807) is 0 Å². The first-order valence-electron chi connectivity index (χ1n) is 14.2. The van der Waals surface area contributed by atoms with Gasteiger partial charge in [-0.05, 0) is 12.8 Å². The van der Waals surface area contributed by atoms with Gasteiger partial charge in [-0.3, -0.25) is 4.67 Å². The van der Waals surface area contributed by atoms with Crippen molar-refractivity contribution in [1.82, 2.24) is 4.67 Å². The molecule has 0 atom stereocenters. The first kappa shape index (κ1) is 32.6. The van der Waals surface area contributed by atoms with Crippen LogP contribution < -0.4 is 0 Å². The number of hydrogen-bond acceptors (Lipinski definition) is 3. The van der Waals surface area contributed by atoms with Gasteiger partial charge in [0.1, 0.15) is 0 Å². The Morgan fingerprint density at radius 2 is 1.12 bits per heavy atom. The van der Waals surface area contributed by atoms with E-state index in [1.807, 2.05) is 27.7 Å². The van der Waals surface area contributed by atoms with Crippen molar-refractivity contribution in [1.29, 1.82) is 5.26 Å². The third-order valence-corrected chi connectivity index (χ3v) is 11.0. The molecule has 0 spiro atoms. The van der Waals surface area contributed by atoms with E-state index in [9.17, 15) is 4.57 Å². The Labute approximate surface area is 207 Å². The molecule has 5 heteroatoms. The van der Waals surface area contributed by atoms with Crippen LogP contribution in [0.15, 0.2) is 0 Å². The molecular weight excluding hydrogens is 427 g/mol. The quantitative estimate of drug-likeness (QED) is 0.101. The second kappa shape index (κ2) is 22.1. The Bertz CT molecular complexity index is 505. The number of unbranched alkanes of at least 4 members (excludes halogenated alkanes) is 13. The van der Waals surface area contributed by atoms with Gasteiger partial charge in [0, 0.05) is 44.0 Å². The molecule has 0 amide bonds. The van der Waals surface area contributed by atoms with Crippen LogP contribution in [0.4, 0.5) is 0 Å². The van der Waals surface area contributed by atoms with Crippen LogP contribution in [0.5, 0.6) is 0 Å². The summed E-state index contributed by atoms with van der Waals surface area (Å²) in [5.41, 5.74) is 0.236. The van der Waals surface area contributed by atoms with E-state index in [4.69, 9.17) is 10.00 Å². The summed E-state index contributed by atoms with van der Waals surface area (Å²) in [6.45, 7) is 13.4. The molecule has 0 aliphatic rings. The normalized spacial score (nSPS) is 12.2. The fraction of sp³-hybridized carbons (Fsp3) is 0.964. The number of hydrogen-bond donors (Lipinski definition) is 0. The fourth-order valence-corrected chi connectivity index (χ4v) is 8.07. The summed E-state index contributed by atoms with van der Waals surface area (Å²) in [5.74, 6) is 0. The number of nitriles is 1. The minimum atomic E-state index is -2.47. The molecule has 0 aromatic heterocycles. The molecule has 33 heavy (non-hydrogen) atoms. The maximum Gasteiger partial charge on any atom is 0.155 e. The molecule has 0 bridgehead atoms. The lowest BCUT2D eigenvalue weighted by Crippen LogP contribution is -2.31. The third-order valence-electron chi connectivity index (χ3n) is 6.75. The number of ether oxygens (including phenoxy) is 1. The zero-order chi connectivity index (χ0) is 24.8. The highest BCUT2D eigenvalue weighted by atomic mass is 31.2. The van der Waals surface area contributed by atoms with Crippen molar-refractivity contribution in [2.45, 2.75) is 149 Å². The Morgan fingerprint density at radius 1 is 0.697 bits per heavy atom. The summed E-state index contributed by atoms with van der Waals surface area (Å²) >= 11 is 0. The molecule has 196 valence electrons. The van der Waals surface area contributed by atoms with E-state index >= 15 is 0 Å². The van der Waals surface area contributed by atoms with Gasteiger partial charge in [0.25, 0.3) is 0 Å². The fourth-order valence-electron chi connectivity index (χ4n) is 4.70. The highest BCUT2D eigenvalue weighted by Gasteiger charge is 2.36. The molecule has 0 unspecified atom stereocenters. The Balaban J connectivity index is 3.70. The molecule has 4 nitrogen and oxygen atoms in total. The zero-order valence-electron chi connectivity index (χ0n) is 23.0. The largest absolute Gasteiger partial charge is 0.381 e. The standard InChI is InChI=1S/C28H57N2O2P/c1-6-7-8-9-10-11-12-13-14-15-16-17-18-19-25-32-26-21-24-30(23-20-22-29)33(31,27(2)3)28(4)5/h27-28H,6-21,23-26H2,1-5H3. The summed E-state index contributed by atoms with van der Waals surface area (Å²) in [7, 11) is -2.47. The summed E-state index contributed by atoms with van der Waals surface area (Å²) in [6, 6.07) is 2.21. The highest BCUT2D eigenvalue weighted by molar-refractivity contribution is 7.62. The van der Waals surface area contributed by atoms with Crippen molar-refractivity contribution in [3.63, 3.8) is 0 Å². The van der Waals surface area contributed by atoms with Crippen LogP contribution in [0.25, 0.3) is 0 Å². The Kier molecular flexibility index (Phi) is 21.9. The molecule has 0 aromatic rings. The average molecular weight is 485 g/mol. The van der Waals surface area contributed by atoms with Crippen molar-refractivity contribution >= 4 is 7.29 Å². The van der Waals surface area contributed by atoms with Gasteiger partial charge in [0.15, 0.2) is 7.29 Å². The van der Waals surface area contributed by atoms with Crippen molar-refractivity contribution in [2.24, 2.45) is 0 Å². The van der Waals surface area contributed by atoms with Crippen LogP contribution in [0.3, 0.4) is 0 Å². The summed E-state index contributed by atoms with van der Waals surface area (Å²) < 4.78 is 21.6. The highest BCUT2D eigenvalue weighted by Crippen LogP contribution is 2.58. The molecule has 0 aromatic carbocycles. The van der Waals surface area contributed by atoms with E-state index in [1.165, 1.54) is 83.5 Å². The summed E-state index contributed by atoms with van der Waals surface area (Å²) in [4.78, 5) is 0. The maximum absolute atomic E-state index is 13.6. The van der Waals surface area contributed by atoms with Gasteiger partial charge >= 0.3 is 0 Å². The summed E-state index contributed by atoms with van der Waals surface area (Å²) in [5, 5.41) is 8.99.